The van der Waals surface area contributed by atoms with Crippen LogP contribution < -0.4 is 0 Å². The number of rotatable bonds is 3. The second kappa shape index (κ2) is 3.51. The van der Waals surface area contributed by atoms with Crippen LogP contribution in [-0.2, 0) is 0 Å². The van der Waals surface area contributed by atoms with Crippen molar-refractivity contribution < 1.29 is 0 Å². The second-order valence-corrected chi connectivity index (χ2v) is 2.76. The van der Waals surface area contributed by atoms with Gasteiger partial charge in [-0.2, -0.15) is 0 Å². The Bertz CT molecular complexity index is 213. The minimum absolute atomic E-state index is 0.574. The molecule has 0 radical (unpaired) electrons. The van der Waals surface area contributed by atoms with Gasteiger partial charge in [-0.15, -0.1) is 10.2 Å². The van der Waals surface area contributed by atoms with Crippen LogP contribution in [0.1, 0.15) is 38.6 Å². The molecule has 11 heavy (non-hydrogen) atoms. The molecule has 0 fully saturated rings. The minimum Gasteiger partial charge on any atom is -0.315 e. The third-order valence-electron chi connectivity index (χ3n) is 2.09. The van der Waals surface area contributed by atoms with Crippen LogP contribution in [0.5, 0.6) is 0 Å². The van der Waals surface area contributed by atoms with Crippen molar-refractivity contribution in [3.8, 4) is 0 Å². The van der Waals surface area contributed by atoms with Crippen LogP contribution in [0.2, 0.25) is 0 Å². The zero-order chi connectivity index (χ0) is 8.27. The lowest BCUT2D eigenvalue weighted by Crippen LogP contribution is -2.07. The quantitative estimate of drug-likeness (QED) is 0.664. The highest BCUT2D eigenvalue weighted by Crippen LogP contribution is 2.15. The molecule has 0 unspecified atom stereocenters. The van der Waals surface area contributed by atoms with Gasteiger partial charge in [-0.05, 0) is 19.8 Å². The van der Waals surface area contributed by atoms with Crippen LogP contribution in [0.3, 0.4) is 0 Å². The van der Waals surface area contributed by atoms with Crippen molar-refractivity contribution in [2.75, 3.05) is 0 Å². The fourth-order valence-corrected chi connectivity index (χ4v) is 1.34. The Balaban J connectivity index is 2.81. The molecule has 62 valence electrons. The van der Waals surface area contributed by atoms with Gasteiger partial charge in [-0.3, -0.25) is 0 Å². The van der Waals surface area contributed by atoms with Crippen molar-refractivity contribution >= 4 is 0 Å². The van der Waals surface area contributed by atoms with Crippen molar-refractivity contribution in [3.05, 3.63) is 12.2 Å². The molecule has 0 aliphatic heterocycles. The molecule has 0 spiro atoms. The summed E-state index contributed by atoms with van der Waals surface area (Å²) in [4.78, 5) is 0. The highest BCUT2D eigenvalue weighted by Gasteiger charge is 2.07. The summed E-state index contributed by atoms with van der Waals surface area (Å²) in [6.45, 7) is 6.37. The van der Waals surface area contributed by atoms with Crippen LogP contribution in [0.4, 0.5) is 0 Å². The normalized spacial score (nSPS) is 10.9. The van der Waals surface area contributed by atoms with E-state index in [0.717, 1.165) is 18.7 Å². The standard InChI is InChI=1S/C8H15N3/c1-4-8(5-2)11-6-9-10-7(11)3/h6,8H,4-5H2,1-3H3. The molecule has 0 amide bonds. The Morgan fingerprint density at radius 2 is 2.09 bits per heavy atom. The molecule has 1 aromatic rings. The summed E-state index contributed by atoms with van der Waals surface area (Å²) in [5.74, 6) is 1.01. The molecule has 0 saturated carbocycles. The Kier molecular flexibility index (Phi) is 2.63. The summed E-state index contributed by atoms with van der Waals surface area (Å²) in [6, 6.07) is 0.574. The summed E-state index contributed by atoms with van der Waals surface area (Å²) >= 11 is 0. The summed E-state index contributed by atoms with van der Waals surface area (Å²) in [5, 5.41) is 7.80. The molecule has 0 N–H and O–H groups in total. The maximum Gasteiger partial charge on any atom is 0.129 e. The van der Waals surface area contributed by atoms with Crippen molar-refractivity contribution in [1.29, 1.82) is 0 Å². The first-order chi connectivity index (χ1) is 5.29. The average Bonchev–Trinajstić information content (AvgIpc) is 2.40. The predicted molar refractivity (Wildman–Crippen MR) is 44.4 cm³/mol. The Labute approximate surface area is 67.4 Å². The maximum absolute atomic E-state index is 3.95. The van der Waals surface area contributed by atoms with Crippen LogP contribution in [-0.4, -0.2) is 14.8 Å². The van der Waals surface area contributed by atoms with Gasteiger partial charge in [0.25, 0.3) is 0 Å². The highest BCUT2D eigenvalue weighted by atomic mass is 15.3. The monoisotopic (exact) mass is 153 g/mol. The van der Waals surface area contributed by atoms with Gasteiger partial charge in [0, 0.05) is 6.04 Å². The summed E-state index contributed by atoms with van der Waals surface area (Å²) < 4.78 is 2.14. The van der Waals surface area contributed by atoms with E-state index in [4.69, 9.17) is 0 Å². The third-order valence-corrected chi connectivity index (χ3v) is 2.09. The van der Waals surface area contributed by atoms with E-state index in [1.54, 1.807) is 0 Å². The van der Waals surface area contributed by atoms with E-state index in [-0.39, 0.29) is 0 Å². The molecule has 0 aliphatic rings. The molecule has 1 aromatic heterocycles. The fraction of sp³-hybridized carbons (Fsp3) is 0.750. The van der Waals surface area contributed by atoms with Gasteiger partial charge in [0.2, 0.25) is 0 Å². The lowest BCUT2D eigenvalue weighted by molar-refractivity contribution is 0.461. The van der Waals surface area contributed by atoms with E-state index >= 15 is 0 Å². The third kappa shape index (κ3) is 1.59. The van der Waals surface area contributed by atoms with Crippen LogP contribution in [0.15, 0.2) is 6.33 Å². The van der Waals surface area contributed by atoms with Gasteiger partial charge < -0.3 is 4.57 Å². The van der Waals surface area contributed by atoms with Gasteiger partial charge in [-0.25, -0.2) is 0 Å². The van der Waals surface area contributed by atoms with E-state index in [1.807, 2.05) is 13.3 Å². The van der Waals surface area contributed by atoms with E-state index in [1.165, 1.54) is 0 Å². The van der Waals surface area contributed by atoms with Crippen LogP contribution in [0, 0.1) is 6.92 Å². The molecular formula is C8H15N3. The fourth-order valence-electron chi connectivity index (χ4n) is 1.34. The lowest BCUT2D eigenvalue weighted by atomic mass is 10.2. The van der Waals surface area contributed by atoms with Gasteiger partial charge in [0.05, 0.1) is 0 Å². The average molecular weight is 153 g/mol. The number of aromatic nitrogens is 3. The number of hydrogen-bond donors (Lipinski definition) is 0. The second-order valence-electron chi connectivity index (χ2n) is 2.76. The number of nitrogens with zero attached hydrogens (tertiary/aromatic N) is 3. The first-order valence-corrected chi connectivity index (χ1v) is 4.15. The van der Waals surface area contributed by atoms with Gasteiger partial charge in [0.1, 0.15) is 12.2 Å². The Morgan fingerprint density at radius 1 is 1.45 bits per heavy atom. The van der Waals surface area contributed by atoms with Gasteiger partial charge >= 0.3 is 0 Å². The van der Waals surface area contributed by atoms with Crippen molar-refractivity contribution in [2.45, 2.75) is 39.7 Å². The topological polar surface area (TPSA) is 30.7 Å². The smallest absolute Gasteiger partial charge is 0.129 e. The highest BCUT2D eigenvalue weighted by molar-refractivity contribution is 4.84. The first-order valence-electron chi connectivity index (χ1n) is 4.15. The molecule has 0 aliphatic carbocycles. The molecule has 1 rings (SSSR count). The van der Waals surface area contributed by atoms with Crippen molar-refractivity contribution in [3.63, 3.8) is 0 Å². The van der Waals surface area contributed by atoms with Crippen LogP contribution >= 0.6 is 0 Å². The zero-order valence-corrected chi connectivity index (χ0v) is 7.41. The molecule has 3 heteroatoms. The van der Waals surface area contributed by atoms with E-state index < -0.39 is 0 Å². The van der Waals surface area contributed by atoms with Crippen LogP contribution in [0.25, 0.3) is 0 Å². The van der Waals surface area contributed by atoms with E-state index in [9.17, 15) is 0 Å². The summed E-state index contributed by atoms with van der Waals surface area (Å²) in [7, 11) is 0. The van der Waals surface area contributed by atoms with Gasteiger partial charge in [-0.1, -0.05) is 13.8 Å². The SMILES string of the molecule is CCC(CC)n1cnnc1C. The Morgan fingerprint density at radius 3 is 2.45 bits per heavy atom. The number of hydrogen-bond acceptors (Lipinski definition) is 2. The largest absolute Gasteiger partial charge is 0.315 e. The summed E-state index contributed by atoms with van der Waals surface area (Å²) in [6.07, 6.45) is 4.11. The molecule has 3 nitrogen and oxygen atoms in total. The minimum atomic E-state index is 0.574. The molecular weight excluding hydrogens is 138 g/mol. The molecule has 0 aromatic carbocycles. The van der Waals surface area contributed by atoms with Gasteiger partial charge in [0.15, 0.2) is 0 Å². The Hall–Kier alpha value is -0.860. The first kappa shape index (κ1) is 8.24. The lowest BCUT2D eigenvalue weighted by Gasteiger charge is -2.14. The predicted octanol–water partition coefficient (Wildman–Crippen LogP) is 1.95. The zero-order valence-electron chi connectivity index (χ0n) is 7.41. The summed E-state index contributed by atoms with van der Waals surface area (Å²) in [5.41, 5.74) is 0. The molecule has 0 bridgehead atoms. The van der Waals surface area contributed by atoms with Crippen molar-refractivity contribution in [2.24, 2.45) is 0 Å². The van der Waals surface area contributed by atoms with E-state index in [2.05, 4.69) is 28.6 Å². The molecule has 0 atom stereocenters. The van der Waals surface area contributed by atoms with E-state index in [0.29, 0.717) is 6.04 Å². The number of aryl methyl sites for hydroxylation is 1. The van der Waals surface area contributed by atoms with Crippen molar-refractivity contribution in [1.82, 2.24) is 14.8 Å². The molecule has 0 saturated heterocycles. The molecule has 1 heterocycles. The maximum atomic E-state index is 3.95.